The summed E-state index contributed by atoms with van der Waals surface area (Å²) >= 11 is 0. The predicted octanol–water partition coefficient (Wildman–Crippen LogP) is -6.05. The van der Waals surface area contributed by atoms with Gasteiger partial charge < -0.3 is 86.6 Å². The molecule has 0 aromatic carbocycles. The molecule has 26 heteroatoms. The van der Waals surface area contributed by atoms with E-state index in [0.29, 0.717) is 19.1 Å². The maximum absolute atomic E-state index is 13.9. The molecule has 328 valence electrons. The Morgan fingerprint density at radius 1 is 0.431 bits per heavy atom. The Labute approximate surface area is 337 Å². The van der Waals surface area contributed by atoms with Crippen molar-refractivity contribution >= 4 is 65.6 Å². The minimum Gasteiger partial charge on any atom is -0.370 e. The van der Waals surface area contributed by atoms with Gasteiger partial charge in [0.15, 0.2) is 29.8 Å². The van der Waals surface area contributed by atoms with E-state index < -0.39 is 59.7 Å². The molecule has 0 unspecified atom stereocenters. The maximum atomic E-state index is 13.9. The van der Waals surface area contributed by atoms with E-state index in [9.17, 15) is 28.8 Å². The monoisotopic (exact) mass is 825 g/mol. The molecule has 0 rings (SSSR count). The van der Waals surface area contributed by atoms with E-state index in [0.717, 1.165) is 0 Å². The zero-order valence-electron chi connectivity index (χ0n) is 32.9. The van der Waals surface area contributed by atoms with Crippen molar-refractivity contribution in [3.63, 3.8) is 0 Å². The summed E-state index contributed by atoms with van der Waals surface area (Å²) in [4.78, 5) is 78.6. The van der Waals surface area contributed by atoms with Crippen LogP contribution in [0.2, 0.25) is 0 Å². The maximum Gasteiger partial charge on any atom is 0.243 e. The summed E-state index contributed by atoms with van der Waals surface area (Å²) in [5.41, 5.74) is 26.7. The second-order valence-corrected chi connectivity index (χ2v) is 13.1. The molecule has 26 nitrogen and oxygen atoms in total. The first-order valence-corrected chi connectivity index (χ1v) is 18.7. The van der Waals surface area contributed by atoms with Crippen LogP contribution in [0.3, 0.4) is 0 Å². The van der Waals surface area contributed by atoms with Crippen molar-refractivity contribution in [1.82, 2.24) is 53.2 Å². The average Bonchev–Trinajstić information content (AvgIpc) is 3.13. The highest BCUT2D eigenvalue weighted by molar-refractivity contribution is 5.95. The van der Waals surface area contributed by atoms with Crippen molar-refractivity contribution in [3.05, 3.63) is 0 Å². The summed E-state index contributed by atoms with van der Waals surface area (Å²) in [5.74, 6) is -4.98. The third kappa shape index (κ3) is 26.2. The number of carbonyl (C=O) groups is 6. The molecule has 0 aliphatic rings. The van der Waals surface area contributed by atoms with Crippen molar-refractivity contribution in [2.45, 2.75) is 101 Å². The van der Waals surface area contributed by atoms with Gasteiger partial charge in [-0.2, -0.15) is 0 Å². The van der Waals surface area contributed by atoms with E-state index in [1.54, 1.807) is 0 Å². The summed E-state index contributed by atoms with van der Waals surface area (Å²) < 4.78 is 0. The van der Waals surface area contributed by atoms with Gasteiger partial charge in [0, 0.05) is 39.6 Å². The number of rotatable bonds is 30. The van der Waals surface area contributed by atoms with Gasteiger partial charge in [-0.05, 0) is 64.2 Å². The lowest BCUT2D eigenvalue weighted by atomic mass is 10.0. The number of guanidine groups is 5. The zero-order valence-corrected chi connectivity index (χ0v) is 32.9. The standard InChI is InChI=1S/C32H64N20O6/c1-18(54)48-20(8-3-13-44-29(35)36)25(56)51-22(10-5-15-46-31(39)40)27(58)52-23(11-6-16-47-32(41)42)26(57)50-21(9-4-14-45-30(37)38)24(55)49-19(17-53)7-2-12-43-28(33)34/h17,19-23H,2-16H2,1H3,(H,48,54)(H,49,55)(H,50,57)(H,51,56)(H,52,58)(H4,33,34,43)(H4,35,36,44)(H4,37,38,45)(H4,39,40,46)(H4,41,42,47)/t19-,20-,21-,22-,23-/m0/s1. The minimum atomic E-state index is -1.30. The van der Waals surface area contributed by atoms with Gasteiger partial charge in [-0.15, -0.1) is 0 Å². The fourth-order valence-corrected chi connectivity index (χ4v) is 5.26. The van der Waals surface area contributed by atoms with E-state index in [1.807, 2.05) is 0 Å². The van der Waals surface area contributed by atoms with Crippen molar-refractivity contribution in [2.75, 3.05) is 32.7 Å². The van der Waals surface area contributed by atoms with E-state index >= 15 is 0 Å². The molecule has 25 N–H and O–H groups in total. The topological polar surface area (TPSA) is 472 Å². The van der Waals surface area contributed by atoms with Crippen LogP contribution in [0.5, 0.6) is 0 Å². The number of amides is 5. The van der Waals surface area contributed by atoms with Gasteiger partial charge in [0.1, 0.15) is 30.5 Å². The summed E-state index contributed by atoms with van der Waals surface area (Å²) in [5, 5.41) is 62.9. The molecule has 0 fully saturated rings. The van der Waals surface area contributed by atoms with Crippen LogP contribution in [0.4, 0.5) is 0 Å². The van der Waals surface area contributed by atoms with E-state index in [-0.39, 0.29) is 114 Å². The van der Waals surface area contributed by atoms with E-state index in [4.69, 9.17) is 55.7 Å². The van der Waals surface area contributed by atoms with Gasteiger partial charge >= 0.3 is 0 Å². The van der Waals surface area contributed by atoms with Crippen LogP contribution in [0.15, 0.2) is 0 Å². The highest BCUT2D eigenvalue weighted by Crippen LogP contribution is 2.07. The van der Waals surface area contributed by atoms with Crippen molar-refractivity contribution in [2.24, 2.45) is 28.7 Å². The Morgan fingerprint density at radius 2 is 0.672 bits per heavy atom. The molecule has 5 atom stereocenters. The van der Waals surface area contributed by atoms with Crippen LogP contribution in [-0.4, -0.2) is 129 Å². The zero-order chi connectivity index (χ0) is 44.0. The van der Waals surface area contributed by atoms with Crippen LogP contribution < -0.4 is 81.8 Å². The normalized spacial score (nSPS) is 13.0. The Kier molecular flexibility index (Phi) is 26.2. The Balaban J connectivity index is 6.38. The highest BCUT2D eigenvalue weighted by atomic mass is 16.2. The molecule has 0 heterocycles. The molecule has 0 aromatic rings. The van der Waals surface area contributed by atoms with Gasteiger partial charge in [0.05, 0.1) is 6.04 Å². The fraction of sp³-hybridized carbons (Fsp3) is 0.656. The van der Waals surface area contributed by atoms with Gasteiger partial charge in [0.2, 0.25) is 29.5 Å². The smallest absolute Gasteiger partial charge is 0.243 e. The second kappa shape index (κ2) is 29.6. The summed E-state index contributed by atoms with van der Waals surface area (Å²) in [6.07, 6.45) is 2.21. The average molecular weight is 825 g/mol. The fourth-order valence-electron chi connectivity index (χ4n) is 5.26. The van der Waals surface area contributed by atoms with Crippen LogP contribution in [0, 0.1) is 27.0 Å². The van der Waals surface area contributed by atoms with Crippen LogP contribution >= 0.6 is 0 Å². The first-order valence-electron chi connectivity index (χ1n) is 18.7. The Hall–Kier alpha value is -6.63. The largest absolute Gasteiger partial charge is 0.370 e. The number of nitrogens with one attached hydrogen (secondary N) is 15. The number of hydrogen-bond acceptors (Lipinski definition) is 11. The number of hydrogen-bond donors (Lipinski definition) is 20. The minimum absolute atomic E-state index is 0.0000320. The van der Waals surface area contributed by atoms with Crippen LogP contribution in [0.1, 0.15) is 71.1 Å². The lowest BCUT2D eigenvalue weighted by Crippen LogP contribution is -2.58. The summed E-state index contributed by atoms with van der Waals surface area (Å²) in [6.45, 7) is 2.19. The summed E-state index contributed by atoms with van der Waals surface area (Å²) in [6, 6.07) is -5.81. The molecule has 0 saturated carbocycles. The molecule has 0 radical (unpaired) electrons. The molecular weight excluding hydrogens is 760 g/mol. The Bertz CT molecular complexity index is 1410. The van der Waals surface area contributed by atoms with E-state index in [2.05, 4.69) is 53.2 Å². The first-order chi connectivity index (χ1) is 27.4. The van der Waals surface area contributed by atoms with Gasteiger partial charge in [0.25, 0.3) is 0 Å². The molecular formula is C32H64N20O6. The first kappa shape index (κ1) is 51.4. The molecule has 0 spiro atoms. The molecule has 0 saturated heterocycles. The van der Waals surface area contributed by atoms with E-state index in [1.165, 1.54) is 6.92 Å². The van der Waals surface area contributed by atoms with Crippen LogP contribution in [0.25, 0.3) is 0 Å². The van der Waals surface area contributed by atoms with Gasteiger partial charge in [-0.3, -0.25) is 51.0 Å². The van der Waals surface area contributed by atoms with Crippen LogP contribution in [-0.2, 0) is 28.8 Å². The third-order valence-electron chi connectivity index (χ3n) is 8.03. The number of carbonyl (C=O) groups excluding carboxylic acids is 6. The van der Waals surface area contributed by atoms with Gasteiger partial charge in [-0.25, -0.2) is 0 Å². The van der Waals surface area contributed by atoms with Crippen molar-refractivity contribution in [3.8, 4) is 0 Å². The van der Waals surface area contributed by atoms with Gasteiger partial charge in [-0.1, -0.05) is 0 Å². The molecule has 0 bridgehead atoms. The molecule has 5 amide bonds. The third-order valence-corrected chi connectivity index (χ3v) is 8.03. The lowest BCUT2D eigenvalue weighted by molar-refractivity contribution is -0.135. The number of nitrogens with two attached hydrogens (primary N) is 5. The summed E-state index contributed by atoms with van der Waals surface area (Å²) in [7, 11) is 0. The molecule has 0 aliphatic heterocycles. The second-order valence-electron chi connectivity index (χ2n) is 13.1. The highest BCUT2D eigenvalue weighted by Gasteiger charge is 2.31. The quantitative estimate of drug-likeness (QED) is 0.0139. The Morgan fingerprint density at radius 3 is 0.914 bits per heavy atom. The molecule has 0 aliphatic carbocycles. The van der Waals surface area contributed by atoms with Crippen molar-refractivity contribution < 1.29 is 28.8 Å². The molecule has 0 aromatic heterocycles. The molecule has 58 heavy (non-hydrogen) atoms. The number of aldehydes is 1. The van der Waals surface area contributed by atoms with Crippen molar-refractivity contribution in [1.29, 1.82) is 27.0 Å². The predicted molar refractivity (Wildman–Crippen MR) is 217 cm³/mol. The SMILES string of the molecule is CC(=O)N[C@@H](CCCNC(=N)N)C(=O)N[C@@H](CCCNC(=N)N)C(=O)N[C@@H](CCCNC(=N)N)C(=O)N[C@@H](CCCNC(=N)N)C(=O)N[C@H](C=O)CCCNC(=N)N. The lowest BCUT2D eigenvalue weighted by Gasteiger charge is -2.27.